The maximum atomic E-state index is 12.1. The van der Waals surface area contributed by atoms with Crippen LogP contribution in [0.4, 0.5) is 0 Å². The van der Waals surface area contributed by atoms with Crippen LogP contribution in [0.5, 0.6) is 0 Å². The number of fused-ring (bicyclic) bond motifs is 7. The molecule has 0 aromatic heterocycles. The monoisotopic (exact) mass is 1420 g/mol. The van der Waals surface area contributed by atoms with Gasteiger partial charge in [0, 0.05) is 19.4 Å². The molecule has 4 aliphatic carbocycles. The van der Waals surface area contributed by atoms with E-state index in [4.69, 9.17) is 66.3 Å². The lowest BCUT2D eigenvalue weighted by molar-refractivity contribution is -0.411. The molecule has 42 atom stereocenters. The Morgan fingerprint density at radius 2 is 0.867 bits per heavy atom. The first-order valence-electron chi connectivity index (χ1n) is 34.8. The zero-order valence-corrected chi connectivity index (χ0v) is 55.7. The molecule has 0 aromatic rings. The van der Waals surface area contributed by atoms with E-state index < -0.39 is 236 Å². The molecule has 7 heterocycles. The van der Waals surface area contributed by atoms with Crippen molar-refractivity contribution < 1.29 is 168 Å². The van der Waals surface area contributed by atoms with E-state index in [0.717, 1.165) is 38.5 Å². The Balaban J connectivity index is 0.746. The van der Waals surface area contributed by atoms with Gasteiger partial charge in [-0.25, -0.2) is 0 Å². The Morgan fingerprint density at radius 3 is 1.43 bits per heavy atom. The highest BCUT2D eigenvalue weighted by Gasteiger charge is 2.69. The van der Waals surface area contributed by atoms with Crippen molar-refractivity contribution in [2.45, 2.75) is 294 Å². The highest BCUT2D eigenvalue weighted by atomic mass is 16.8. The predicted octanol–water partition coefficient (Wildman–Crippen LogP) is -7.65. The van der Waals surface area contributed by atoms with Crippen molar-refractivity contribution in [2.24, 2.45) is 52.3 Å². The average molecular weight is 1420 g/mol. The van der Waals surface area contributed by atoms with Gasteiger partial charge in [0.2, 0.25) is 0 Å². The Morgan fingerprint density at radius 1 is 0.418 bits per heavy atom. The predicted molar refractivity (Wildman–Crippen MR) is 322 cm³/mol. The smallest absolute Gasteiger partial charge is 0.187 e. The number of rotatable bonds is 23. The first kappa shape index (κ1) is 77.7. The molecular formula is C64H108O34. The van der Waals surface area contributed by atoms with Crippen LogP contribution in [0.25, 0.3) is 0 Å². The van der Waals surface area contributed by atoms with Gasteiger partial charge in [-0.1, -0.05) is 27.7 Å². The lowest BCUT2D eigenvalue weighted by Gasteiger charge is -2.61. The van der Waals surface area contributed by atoms with E-state index in [1.807, 2.05) is 6.92 Å². The number of hydrogen-bond donors (Lipinski definition) is 20. The lowest BCUT2D eigenvalue weighted by atomic mass is 9.44. The van der Waals surface area contributed by atoms with E-state index in [0.29, 0.717) is 43.4 Å². The summed E-state index contributed by atoms with van der Waals surface area (Å²) in [6.45, 7) is 3.96. The summed E-state index contributed by atoms with van der Waals surface area (Å²) in [5, 5.41) is 216. The molecule has 0 aromatic carbocycles. The summed E-state index contributed by atoms with van der Waals surface area (Å²) in [5.41, 5.74) is -0.0763. The third-order valence-corrected chi connectivity index (χ3v) is 24.6. The van der Waals surface area contributed by atoms with Crippen molar-refractivity contribution in [3.05, 3.63) is 0 Å². The fourth-order valence-electron chi connectivity index (χ4n) is 18.9. The van der Waals surface area contributed by atoms with Crippen LogP contribution in [0.3, 0.4) is 0 Å². The Labute approximate surface area is 566 Å². The van der Waals surface area contributed by atoms with Crippen LogP contribution >= 0.6 is 0 Å². The second-order valence-electron chi connectivity index (χ2n) is 30.1. The minimum atomic E-state index is -2.24. The molecule has 568 valence electrons. The topological polar surface area (TPSA) is 534 Å². The molecular weight excluding hydrogens is 1310 g/mol. The number of aliphatic hydroxyl groups is 20. The van der Waals surface area contributed by atoms with E-state index in [1.54, 1.807) is 7.11 Å². The average Bonchev–Trinajstić information content (AvgIpc) is 1.45. The molecule has 11 aliphatic rings. The lowest BCUT2D eigenvalue weighted by Crippen LogP contribution is -2.69. The normalized spacial score (nSPS) is 54.7. The van der Waals surface area contributed by atoms with Gasteiger partial charge in [-0.15, -0.1) is 0 Å². The number of aliphatic hydroxyl groups excluding tert-OH is 20. The van der Waals surface area contributed by atoms with Crippen molar-refractivity contribution in [2.75, 3.05) is 53.4 Å². The van der Waals surface area contributed by atoms with Gasteiger partial charge in [0.25, 0.3) is 0 Å². The number of hydrogen-bond acceptors (Lipinski definition) is 34. The first-order valence-corrected chi connectivity index (χ1v) is 34.8. The largest absolute Gasteiger partial charge is 0.394 e. The minimum Gasteiger partial charge on any atom is -0.394 e. The summed E-state index contributed by atoms with van der Waals surface area (Å²) in [6, 6.07) is 0. The molecule has 34 heteroatoms. The fourth-order valence-corrected chi connectivity index (χ4v) is 18.9. The summed E-state index contributed by atoms with van der Waals surface area (Å²) < 4.78 is 85.0. The van der Waals surface area contributed by atoms with Crippen molar-refractivity contribution in [1.82, 2.24) is 0 Å². The Hall–Kier alpha value is -1.36. The zero-order chi connectivity index (χ0) is 70.9. The summed E-state index contributed by atoms with van der Waals surface area (Å²) in [5.74, 6) is 0.917. The van der Waals surface area contributed by atoms with E-state index in [1.165, 1.54) is 0 Å². The fraction of sp³-hybridized carbons (Fsp3) is 1.00. The van der Waals surface area contributed by atoms with Crippen LogP contribution in [0.15, 0.2) is 0 Å². The highest BCUT2D eigenvalue weighted by Crippen LogP contribution is 2.71. The number of ether oxygens (including phenoxy) is 14. The maximum Gasteiger partial charge on any atom is 0.187 e. The second kappa shape index (κ2) is 31.6. The molecule has 4 saturated carbocycles. The van der Waals surface area contributed by atoms with Crippen LogP contribution in [-0.2, 0) is 66.3 Å². The van der Waals surface area contributed by atoms with Gasteiger partial charge >= 0.3 is 0 Å². The molecule has 98 heavy (non-hydrogen) atoms. The molecule has 5 unspecified atom stereocenters. The van der Waals surface area contributed by atoms with Gasteiger partial charge in [-0.2, -0.15) is 0 Å². The minimum absolute atomic E-state index is 0.0150. The standard InChI is InChI=1S/C64H108O34/c1-23(22-86-56-47(80)43(76)38(71)31(16-65)88-56)8-13-64(85-5)24(2)37-30(98-64)15-29-27-7-6-25-14-26(9-11-62(25,3)28(27)10-12-63(29,37)4)87-57-50(83)46(79)52(36(21-70)93-57)94-61-55(54(42(75)35(20-69)92-61)96-59-49(82)45(78)40(73)33(18-67)90-59)97-60-51(84)53(41(74)34(19-68)91-60)95-58-48(81)44(77)39(72)32(17-66)89-58/h23-61,65-84H,6-22H2,1-5H3/t23-,24-,25-,26-,27?,28?,29?,30?,31+,32+,33+,34+,35+,36+,37?,38+,39+,40+,41+,42+,43-,44-,45-,46+,47+,48+,49+,50+,51+,52-,53-,54-,55+,56+,57+,58-,59-,60-,61-,62-,63-,64+/m0/s1. The molecule has 34 nitrogen and oxygen atoms in total. The van der Waals surface area contributed by atoms with Gasteiger partial charge < -0.3 is 168 Å². The van der Waals surface area contributed by atoms with E-state index in [2.05, 4.69) is 20.8 Å². The van der Waals surface area contributed by atoms with Crippen LogP contribution < -0.4 is 0 Å². The second-order valence-corrected chi connectivity index (χ2v) is 30.1. The van der Waals surface area contributed by atoms with Crippen LogP contribution in [0, 0.1) is 52.3 Å². The van der Waals surface area contributed by atoms with Crippen LogP contribution in [-0.4, -0.2) is 358 Å². The van der Waals surface area contributed by atoms with Gasteiger partial charge in [0.05, 0.1) is 58.5 Å². The van der Waals surface area contributed by atoms with Gasteiger partial charge in [-0.3, -0.25) is 0 Å². The van der Waals surface area contributed by atoms with Crippen molar-refractivity contribution in [1.29, 1.82) is 0 Å². The molecule has 7 saturated heterocycles. The van der Waals surface area contributed by atoms with Crippen molar-refractivity contribution in [3.63, 3.8) is 0 Å². The molecule has 11 rings (SSSR count). The summed E-state index contributed by atoms with van der Waals surface area (Å²) >= 11 is 0. The summed E-state index contributed by atoms with van der Waals surface area (Å²) in [4.78, 5) is 0. The third kappa shape index (κ3) is 14.3. The van der Waals surface area contributed by atoms with Crippen LogP contribution in [0.2, 0.25) is 0 Å². The molecule has 7 aliphatic heterocycles. The first-order chi connectivity index (χ1) is 46.6. The molecule has 0 radical (unpaired) electrons. The quantitative estimate of drug-likeness (QED) is 0.0423. The van der Waals surface area contributed by atoms with E-state index >= 15 is 0 Å². The van der Waals surface area contributed by atoms with Gasteiger partial charge in [0.15, 0.2) is 43.5 Å². The molecule has 11 fully saturated rings. The van der Waals surface area contributed by atoms with Crippen molar-refractivity contribution in [3.8, 4) is 0 Å². The molecule has 20 N–H and O–H groups in total. The molecule has 0 bridgehead atoms. The third-order valence-electron chi connectivity index (χ3n) is 24.6. The van der Waals surface area contributed by atoms with Gasteiger partial charge in [-0.05, 0) is 104 Å². The van der Waals surface area contributed by atoms with Crippen LogP contribution in [0.1, 0.15) is 91.9 Å². The number of methoxy groups -OCH3 is 1. The zero-order valence-electron chi connectivity index (χ0n) is 55.7. The van der Waals surface area contributed by atoms with Crippen molar-refractivity contribution >= 4 is 0 Å². The molecule has 0 amide bonds. The SMILES string of the molecule is CO[C@]1(CC[C@H](C)CO[C@@H]2O[C@H](CO)[C@@H](O)[C@H](O)[C@H]2O)OC2CC3C4CC[C@H]5C[C@@H](O[C@@H]6O[C@H](CO)[C@H](O[C@@H]7O[C@H](CO)[C@@H](O)[C@H](O[C@@H]8O[C@H](CO)[C@@H](O)[C@H](O)[C@H]8O)[C@H]7O[C@@H]7O[C@H](CO)[C@@H](O)[C@H](O[C@@H]8O[C@H](CO)[C@@H](O)[C@H](O)[C@H]8O)[C@H]7O)[C@H](O)[C@H]6O)CC[C@]5(C)C4CC[C@]3(C)C2[C@@H]1C. The Bertz CT molecular complexity index is 2530. The summed E-state index contributed by atoms with van der Waals surface area (Å²) in [7, 11) is 1.70. The van der Waals surface area contributed by atoms with E-state index in [-0.39, 0.29) is 47.2 Å². The molecule has 0 spiro atoms. The highest BCUT2D eigenvalue weighted by molar-refractivity contribution is 5.16. The van der Waals surface area contributed by atoms with E-state index in [9.17, 15) is 102 Å². The maximum absolute atomic E-state index is 12.1. The Kier molecular flexibility index (Phi) is 25.1. The summed E-state index contributed by atoms with van der Waals surface area (Å²) in [6.07, 6.45) is -47.2. The van der Waals surface area contributed by atoms with Gasteiger partial charge in [0.1, 0.15) is 146 Å².